The number of carbonyl (C=O) groups excluding carboxylic acids is 3. The molecule has 120 valence electrons. The van der Waals surface area contributed by atoms with Crippen LogP contribution in [0.25, 0.3) is 0 Å². The first-order chi connectivity index (χ1) is 9.75. The summed E-state index contributed by atoms with van der Waals surface area (Å²) in [5, 5.41) is 2.65. The van der Waals surface area contributed by atoms with Crippen LogP contribution in [0, 0.1) is 11.3 Å². The maximum Gasteiger partial charge on any atom is 0.309 e. The molecular formula is C15H26N2O4. The van der Waals surface area contributed by atoms with Crippen molar-refractivity contribution in [3.05, 3.63) is 0 Å². The monoisotopic (exact) mass is 298 g/mol. The van der Waals surface area contributed by atoms with E-state index in [1.54, 1.807) is 32.6 Å². The third kappa shape index (κ3) is 5.36. The Bertz CT molecular complexity index is 393. The molecule has 0 aliphatic carbocycles. The Kier molecular flexibility index (Phi) is 6.18. The summed E-state index contributed by atoms with van der Waals surface area (Å²) in [6, 6.07) is 0. The molecule has 0 saturated carbocycles. The fraction of sp³-hybridized carbons (Fsp3) is 0.800. The molecule has 1 aliphatic rings. The van der Waals surface area contributed by atoms with Crippen LogP contribution < -0.4 is 5.32 Å². The number of rotatable bonds is 4. The summed E-state index contributed by atoms with van der Waals surface area (Å²) in [4.78, 5) is 37.1. The van der Waals surface area contributed by atoms with Crippen LogP contribution >= 0.6 is 0 Å². The Labute approximate surface area is 126 Å². The molecule has 0 aromatic rings. The van der Waals surface area contributed by atoms with Crippen LogP contribution in [0.2, 0.25) is 0 Å². The summed E-state index contributed by atoms with van der Waals surface area (Å²) in [6.07, 6.45) is 1.25. The lowest BCUT2D eigenvalue weighted by molar-refractivity contribution is -0.151. The van der Waals surface area contributed by atoms with Crippen molar-refractivity contribution in [1.29, 1.82) is 0 Å². The highest BCUT2D eigenvalue weighted by Crippen LogP contribution is 2.18. The Morgan fingerprint density at radius 2 is 1.76 bits per heavy atom. The maximum atomic E-state index is 12.0. The second-order valence-corrected chi connectivity index (χ2v) is 6.34. The second-order valence-electron chi connectivity index (χ2n) is 6.34. The van der Waals surface area contributed by atoms with Gasteiger partial charge in [0.15, 0.2) is 0 Å². The molecule has 0 aromatic heterocycles. The van der Waals surface area contributed by atoms with E-state index in [1.165, 1.54) is 0 Å². The van der Waals surface area contributed by atoms with Gasteiger partial charge in [-0.25, -0.2) is 0 Å². The molecule has 1 N–H and O–H groups in total. The summed E-state index contributed by atoms with van der Waals surface area (Å²) in [6.45, 7) is 8.67. The molecular weight excluding hydrogens is 272 g/mol. The van der Waals surface area contributed by atoms with Crippen LogP contribution in [0.5, 0.6) is 0 Å². The fourth-order valence-corrected chi connectivity index (χ4v) is 2.16. The number of piperidine rings is 1. The van der Waals surface area contributed by atoms with Crippen molar-refractivity contribution in [3.8, 4) is 0 Å². The minimum atomic E-state index is -0.503. The lowest BCUT2D eigenvalue weighted by atomic mass is 9.95. The number of nitrogens with zero attached hydrogens (tertiary/aromatic N) is 1. The van der Waals surface area contributed by atoms with Gasteiger partial charge in [0.2, 0.25) is 11.8 Å². The van der Waals surface area contributed by atoms with Crippen molar-refractivity contribution in [1.82, 2.24) is 10.2 Å². The molecule has 21 heavy (non-hydrogen) atoms. The molecule has 1 aliphatic heterocycles. The van der Waals surface area contributed by atoms with Crippen molar-refractivity contribution < 1.29 is 19.1 Å². The van der Waals surface area contributed by atoms with Crippen molar-refractivity contribution in [2.45, 2.75) is 40.5 Å². The summed E-state index contributed by atoms with van der Waals surface area (Å²) in [5.74, 6) is -0.532. The number of nitrogens with one attached hydrogen (secondary N) is 1. The van der Waals surface area contributed by atoms with Gasteiger partial charge in [-0.05, 0) is 19.8 Å². The van der Waals surface area contributed by atoms with Gasteiger partial charge in [-0.1, -0.05) is 20.8 Å². The number of hydrogen-bond donors (Lipinski definition) is 1. The second kappa shape index (κ2) is 7.43. The third-order valence-electron chi connectivity index (χ3n) is 3.55. The largest absolute Gasteiger partial charge is 0.466 e. The van der Waals surface area contributed by atoms with E-state index >= 15 is 0 Å². The number of ether oxygens (including phenoxy) is 1. The fourth-order valence-electron chi connectivity index (χ4n) is 2.16. The molecule has 0 atom stereocenters. The Hall–Kier alpha value is -1.59. The summed E-state index contributed by atoms with van der Waals surface area (Å²) < 4.78 is 4.99. The van der Waals surface area contributed by atoms with Crippen molar-refractivity contribution in [2.75, 3.05) is 26.2 Å². The van der Waals surface area contributed by atoms with E-state index in [1.807, 2.05) is 0 Å². The maximum absolute atomic E-state index is 12.0. The first kappa shape index (κ1) is 17.5. The topological polar surface area (TPSA) is 75.7 Å². The summed E-state index contributed by atoms with van der Waals surface area (Å²) in [7, 11) is 0. The van der Waals surface area contributed by atoms with E-state index in [0.717, 1.165) is 0 Å². The Morgan fingerprint density at radius 3 is 2.24 bits per heavy atom. The van der Waals surface area contributed by atoms with E-state index in [0.29, 0.717) is 32.5 Å². The number of likely N-dealkylation sites (tertiary alicyclic amines) is 1. The highest BCUT2D eigenvalue weighted by Gasteiger charge is 2.29. The summed E-state index contributed by atoms with van der Waals surface area (Å²) >= 11 is 0. The predicted octanol–water partition coefficient (Wildman–Crippen LogP) is 0.950. The SMILES string of the molecule is CCOC(=O)C1CCN(C(=O)CNC(=O)C(C)(C)C)CC1. The Balaban J connectivity index is 2.35. The lowest BCUT2D eigenvalue weighted by Gasteiger charge is -2.31. The van der Waals surface area contributed by atoms with E-state index in [9.17, 15) is 14.4 Å². The minimum absolute atomic E-state index is 0.0141. The minimum Gasteiger partial charge on any atom is -0.466 e. The van der Waals surface area contributed by atoms with Crippen LogP contribution in [0.3, 0.4) is 0 Å². The van der Waals surface area contributed by atoms with Crippen LogP contribution in [-0.4, -0.2) is 48.9 Å². The molecule has 0 unspecified atom stereocenters. The normalized spacial score (nSPS) is 16.5. The Morgan fingerprint density at radius 1 is 1.19 bits per heavy atom. The van der Waals surface area contributed by atoms with Gasteiger partial charge in [0, 0.05) is 18.5 Å². The van der Waals surface area contributed by atoms with E-state index < -0.39 is 5.41 Å². The highest BCUT2D eigenvalue weighted by molar-refractivity contribution is 5.87. The van der Waals surface area contributed by atoms with Gasteiger partial charge in [0.05, 0.1) is 19.1 Å². The van der Waals surface area contributed by atoms with Crippen LogP contribution in [-0.2, 0) is 19.1 Å². The molecule has 1 fully saturated rings. The van der Waals surface area contributed by atoms with E-state index in [2.05, 4.69) is 5.32 Å². The van der Waals surface area contributed by atoms with Gasteiger partial charge in [-0.3, -0.25) is 14.4 Å². The number of hydrogen-bond acceptors (Lipinski definition) is 4. The molecule has 0 bridgehead atoms. The average Bonchev–Trinajstić information content (AvgIpc) is 2.43. The zero-order chi connectivity index (χ0) is 16.0. The van der Waals surface area contributed by atoms with E-state index in [4.69, 9.17) is 4.74 Å². The zero-order valence-corrected chi connectivity index (χ0v) is 13.4. The van der Waals surface area contributed by atoms with Gasteiger partial charge in [-0.2, -0.15) is 0 Å². The van der Waals surface area contributed by atoms with Gasteiger partial charge < -0.3 is 15.0 Å². The first-order valence-corrected chi connectivity index (χ1v) is 7.48. The van der Waals surface area contributed by atoms with Crippen molar-refractivity contribution in [2.24, 2.45) is 11.3 Å². The first-order valence-electron chi connectivity index (χ1n) is 7.48. The van der Waals surface area contributed by atoms with Gasteiger partial charge in [0.25, 0.3) is 0 Å². The number of carbonyl (C=O) groups is 3. The standard InChI is InChI=1S/C15H26N2O4/c1-5-21-13(19)11-6-8-17(9-7-11)12(18)10-16-14(20)15(2,3)4/h11H,5-10H2,1-4H3,(H,16,20). The quantitative estimate of drug-likeness (QED) is 0.784. The molecule has 1 heterocycles. The number of esters is 1. The predicted molar refractivity (Wildman–Crippen MR) is 78.4 cm³/mol. The lowest BCUT2D eigenvalue weighted by Crippen LogP contribution is -2.46. The molecule has 6 nitrogen and oxygen atoms in total. The van der Waals surface area contributed by atoms with Gasteiger partial charge >= 0.3 is 5.97 Å². The van der Waals surface area contributed by atoms with Crippen molar-refractivity contribution >= 4 is 17.8 Å². The molecule has 1 saturated heterocycles. The molecule has 0 aromatic carbocycles. The molecule has 1 rings (SSSR count). The molecule has 0 spiro atoms. The van der Waals surface area contributed by atoms with Crippen LogP contribution in [0.1, 0.15) is 40.5 Å². The summed E-state index contributed by atoms with van der Waals surface area (Å²) in [5.41, 5.74) is -0.503. The molecule has 0 radical (unpaired) electrons. The van der Waals surface area contributed by atoms with Crippen LogP contribution in [0.15, 0.2) is 0 Å². The number of amides is 2. The molecule has 6 heteroatoms. The van der Waals surface area contributed by atoms with Crippen LogP contribution in [0.4, 0.5) is 0 Å². The van der Waals surface area contributed by atoms with Gasteiger partial charge in [-0.15, -0.1) is 0 Å². The third-order valence-corrected chi connectivity index (χ3v) is 3.55. The van der Waals surface area contributed by atoms with Gasteiger partial charge in [0.1, 0.15) is 0 Å². The zero-order valence-electron chi connectivity index (χ0n) is 13.4. The van der Waals surface area contributed by atoms with E-state index in [-0.39, 0.29) is 30.2 Å². The van der Waals surface area contributed by atoms with Crippen molar-refractivity contribution in [3.63, 3.8) is 0 Å². The average molecular weight is 298 g/mol. The highest BCUT2D eigenvalue weighted by atomic mass is 16.5. The molecule has 2 amide bonds. The smallest absolute Gasteiger partial charge is 0.309 e.